The van der Waals surface area contributed by atoms with Gasteiger partial charge < -0.3 is 15.3 Å². The summed E-state index contributed by atoms with van der Waals surface area (Å²) in [5, 5.41) is 14.3. The molecule has 7 heteroatoms. The highest BCUT2D eigenvalue weighted by atomic mass is 32.1. The quantitative estimate of drug-likeness (QED) is 0.803. The zero-order chi connectivity index (χ0) is 14.3. The van der Waals surface area contributed by atoms with Crippen molar-refractivity contribution in [1.82, 2.24) is 15.2 Å². The van der Waals surface area contributed by atoms with E-state index in [0.29, 0.717) is 13.0 Å². The second-order valence-corrected chi connectivity index (χ2v) is 5.02. The van der Waals surface area contributed by atoms with Crippen LogP contribution in [-0.4, -0.2) is 40.1 Å². The van der Waals surface area contributed by atoms with Crippen molar-refractivity contribution in [2.75, 3.05) is 13.1 Å². The van der Waals surface area contributed by atoms with Crippen molar-refractivity contribution in [3.8, 4) is 0 Å². The van der Waals surface area contributed by atoms with Gasteiger partial charge in [0.1, 0.15) is 11.6 Å². The fourth-order valence-electron chi connectivity index (χ4n) is 1.67. The summed E-state index contributed by atoms with van der Waals surface area (Å²) in [6.45, 7) is 3.99. The summed E-state index contributed by atoms with van der Waals surface area (Å²) < 4.78 is 0. The number of aliphatic carboxylic acids is 1. The number of amides is 2. The van der Waals surface area contributed by atoms with Gasteiger partial charge in [-0.15, -0.1) is 11.3 Å². The van der Waals surface area contributed by atoms with E-state index in [-0.39, 0.29) is 18.6 Å². The SMILES string of the molecule is CCCN(CC(=O)O)C(=O)NC(CC)c1nccs1. The Hall–Kier alpha value is -1.63. The molecule has 1 heterocycles. The first-order valence-electron chi connectivity index (χ1n) is 6.25. The minimum absolute atomic E-state index is 0.166. The van der Waals surface area contributed by atoms with E-state index in [9.17, 15) is 9.59 Å². The number of carbonyl (C=O) groups excluding carboxylic acids is 1. The molecule has 1 atom stereocenters. The number of rotatable bonds is 7. The van der Waals surface area contributed by atoms with Crippen molar-refractivity contribution < 1.29 is 14.7 Å². The number of urea groups is 1. The fourth-order valence-corrected chi connectivity index (χ4v) is 2.44. The Morgan fingerprint density at radius 3 is 2.74 bits per heavy atom. The van der Waals surface area contributed by atoms with Gasteiger partial charge in [0.25, 0.3) is 0 Å². The molecule has 2 N–H and O–H groups in total. The molecule has 6 nitrogen and oxygen atoms in total. The van der Waals surface area contributed by atoms with Gasteiger partial charge in [0.05, 0.1) is 6.04 Å². The highest BCUT2D eigenvalue weighted by Gasteiger charge is 2.20. The molecule has 0 bridgehead atoms. The summed E-state index contributed by atoms with van der Waals surface area (Å²) >= 11 is 1.48. The Morgan fingerprint density at radius 2 is 2.26 bits per heavy atom. The van der Waals surface area contributed by atoms with Crippen molar-refractivity contribution in [2.45, 2.75) is 32.7 Å². The molecule has 1 unspecified atom stereocenters. The lowest BCUT2D eigenvalue weighted by Gasteiger charge is -2.23. The molecule has 0 aliphatic carbocycles. The van der Waals surface area contributed by atoms with Gasteiger partial charge in [-0.1, -0.05) is 13.8 Å². The lowest BCUT2D eigenvalue weighted by atomic mass is 10.2. The maximum Gasteiger partial charge on any atom is 0.323 e. The Balaban J connectivity index is 2.66. The van der Waals surface area contributed by atoms with Gasteiger partial charge in [-0.2, -0.15) is 0 Å². The minimum Gasteiger partial charge on any atom is -0.480 e. The van der Waals surface area contributed by atoms with Crippen LogP contribution in [-0.2, 0) is 4.79 Å². The van der Waals surface area contributed by atoms with Crippen molar-refractivity contribution >= 4 is 23.3 Å². The van der Waals surface area contributed by atoms with Crippen LogP contribution in [0.15, 0.2) is 11.6 Å². The topological polar surface area (TPSA) is 82.5 Å². The summed E-state index contributed by atoms with van der Waals surface area (Å²) in [5.74, 6) is -1.01. The van der Waals surface area contributed by atoms with Crippen molar-refractivity contribution in [3.05, 3.63) is 16.6 Å². The molecule has 2 amide bonds. The number of nitrogens with one attached hydrogen (secondary N) is 1. The highest BCUT2D eigenvalue weighted by Crippen LogP contribution is 2.18. The first-order valence-corrected chi connectivity index (χ1v) is 7.13. The summed E-state index contributed by atoms with van der Waals surface area (Å²) in [5.41, 5.74) is 0. The molecule has 106 valence electrons. The molecule has 0 aliphatic heterocycles. The van der Waals surface area contributed by atoms with Crippen LogP contribution in [0.5, 0.6) is 0 Å². The summed E-state index contributed by atoms with van der Waals surface area (Å²) in [6.07, 6.45) is 3.12. The first-order chi connectivity index (χ1) is 9.08. The number of carbonyl (C=O) groups is 2. The third-order valence-corrected chi connectivity index (χ3v) is 3.45. The largest absolute Gasteiger partial charge is 0.480 e. The van der Waals surface area contributed by atoms with Crippen LogP contribution in [0.25, 0.3) is 0 Å². The molecule has 0 radical (unpaired) electrons. The van der Waals surface area contributed by atoms with Gasteiger partial charge in [0, 0.05) is 18.1 Å². The molecular formula is C12H19N3O3S. The van der Waals surface area contributed by atoms with E-state index < -0.39 is 5.97 Å². The number of hydrogen-bond donors (Lipinski definition) is 2. The summed E-state index contributed by atoms with van der Waals surface area (Å²) in [7, 11) is 0. The maximum atomic E-state index is 12.1. The van der Waals surface area contributed by atoms with Crippen molar-refractivity contribution in [3.63, 3.8) is 0 Å². The molecule has 0 saturated carbocycles. The third-order valence-electron chi connectivity index (χ3n) is 2.56. The smallest absolute Gasteiger partial charge is 0.323 e. The molecule has 0 aromatic carbocycles. The van der Waals surface area contributed by atoms with Gasteiger partial charge >= 0.3 is 12.0 Å². The molecule has 1 aromatic rings. The third kappa shape index (κ3) is 4.86. The van der Waals surface area contributed by atoms with E-state index in [2.05, 4.69) is 10.3 Å². The average molecular weight is 285 g/mol. The van der Waals surface area contributed by atoms with Crippen LogP contribution in [0.2, 0.25) is 0 Å². The van der Waals surface area contributed by atoms with Crippen LogP contribution in [0.1, 0.15) is 37.7 Å². The summed E-state index contributed by atoms with van der Waals surface area (Å²) in [6, 6.07) is -0.521. The number of carboxylic acids is 1. The monoisotopic (exact) mass is 285 g/mol. The maximum absolute atomic E-state index is 12.1. The van der Waals surface area contributed by atoms with Gasteiger partial charge in [-0.25, -0.2) is 9.78 Å². The second-order valence-electron chi connectivity index (χ2n) is 4.10. The molecule has 0 fully saturated rings. The normalized spacial score (nSPS) is 11.9. The molecule has 1 rings (SSSR count). The van der Waals surface area contributed by atoms with Gasteiger partial charge in [-0.3, -0.25) is 4.79 Å². The zero-order valence-corrected chi connectivity index (χ0v) is 11.9. The number of hydrogen-bond acceptors (Lipinski definition) is 4. The zero-order valence-electron chi connectivity index (χ0n) is 11.1. The van der Waals surface area contributed by atoms with Crippen LogP contribution in [0.4, 0.5) is 4.79 Å². The summed E-state index contributed by atoms with van der Waals surface area (Å²) in [4.78, 5) is 28.3. The highest BCUT2D eigenvalue weighted by molar-refractivity contribution is 7.09. The lowest BCUT2D eigenvalue weighted by Crippen LogP contribution is -2.44. The van der Waals surface area contributed by atoms with E-state index in [0.717, 1.165) is 11.4 Å². The minimum atomic E-state index is -1.01. The van der Waals surface area contributed by atoms with E-state index >= 15 is 0 Å². The second kappa shape index (κ2) is 7.73. The van der Waals surface area contributed by atoms with Gasteiger partial charge in [0.15, 0.2) is 0 Å². The van der Waals surface area contributed by atoms with E-state index in [4.69, 9.17) is 5.11 Å². The molecule has 0 saturated heterocycles. The van der Waals surface area contributed by atoms with Crippen LogP contribution >= 0.6 is 11.3 Å². The molecule has 1 aromatic heterocycles. The van der Waals surface area contributed by atoms with Gasteiger partial charge in [0.2, 0.25) is 0 Å². The Bertz CT molecular complexity index is 408. The first kappa shape index (κ1) is 15.4. The van der Waals surface area contributed by atoms with Crippen molar-refractivity contribution in [2.24, 2.45) is 0 Å². The van der Waals surface area contributed by atoms with Gasteiger partial charge in [-0.05, 0) is 12.8 Å². The average Bonchev–Trinajstić information content (AvgIpc) is 2.88. The Morgan fingerprint density at radius 1 is 1.53 bits per heavy atom. The van der Waals surface area contributed by atoms with Crippen LogP contribution in [0.3, 0.4) is 0 Å². The predicted octanol–water partition coefficient (Wildman–Crippen LogP) is 2.10. The number of carboxylic acid groups (broad SMARTS) is 1. The van der Waals surface area contributed by atoms with Crippen molar-refractivity contribution in [1.29, 1.82) is 0 Å². The fraction of sp³-hybridized carbons (Fsp3) is 0.583. The van der Waals surface area contributed by atoms with Crippen LogP contribution in [0, 0.1) is 0 Å². The van der Waals surface area contributed by atoms with E-state index in [1.54, 1.807) is 6.20 Å². The number of thiazole rings is 1. The molecule has 0 aliphatic rings. The predicted molar refractivity (Wildman–Crippen MR) is 73.2 cm³/mol. The van der Waals surface area contributed by atoms with Crippen LogP contribution < -0.4 is 5.32 Å². The Kier molecular flexibility index (Phi) is 6.27. The molecular weight excluding hydrogens is 266 g/mol. The molecule has 19 heavy (non-hydrogen) atoms. The number of nitrogens with zero attached hydrogens (tertiary/aromatic N) is 2. The lowest BCUT2D eigenvalue weighted by molar-refractivity contribution is -0.137. The standard InChI is InChI=1S/C12H19N3O3S/c1-3-6-15(8-10(16)17)12(18)14-9(4-2)11-13-5-7-19-11/h5,7,9H,3-4,6,8H2,1-2H3,(H,14,18)(H,16,17). The van der Waals surface area contributed by atoms with E-state index in [1.807, 2.05) is 19.2 Å². The molecule has 0 spiro atoms. The Labute approximate surface area is 116 Å². The number of aromatic nitrogens is 1. The van der Waals surface area contributed by atoms with E-state index in [1.165, 1.54) is 16.2 Å².